The van der Waals surface area contributed by atoms with Gasteiger partial charge < -0.3 is 14.9 Å². The summed E-state index contributed by atoms with van der Waals surface area (Å²) in [5.74, 6) is -1.02. The van der Waals surface area contributed by atoms with Crippen molar-refractivity contribution in [3.8, 4) is 0 Å². The molecule has 0 amide bonds. The van der Waals surface area contributed by atoms with Crippen molar-refractivity contribution < 1.29 is 24.5 Å². The number of aromatic carboxylic acids is 1. The highest BCUT2D eigenvalue weighted by atomic mass is 16.5. The number of carbonyl (C=O) groups excluding carboxylic acids is 1. The zero-order chi connectivity index (χ0) is 16.8. The fourth-order valence-electron chi connectivity index (χ4n) is 2.25. The molecule has 0 aliphatic rings. The summed E-state index contributed by atoms with van der Waals surface area (Å²) >= 11 is 0. The molecule has 1 aromatic carbocycles. The highest BCUT2D eigenvalue weighted by Gasteiger charge is 2.23. The summed E-state index contributed by atoms with van der Waals surface area (Å²) in [5.41, 5.74) is -0.0993. The maximum absolute atomic E-state index is 10.8. The third-order valence-corrected chi connectivity index (χ3v) is 3.69. The lowest BCUT2D eigenvalue weighted by atomic mass is 9.88. The van der Waals surface area contributed by atoms with Crippen molar-refractivity contribution in [3.63, 3.8) is 0 Å². The molecule has 5 nitrogen and oxygen atoms in total. The summed E-state index contributed by atoms with van der Waals surface area (Å²) < 4.78 is 4.95. The summed E-state index contributed by atoms with van der Waals surface area (Å²) in [7, 11) is 0. The molecule has 0 bridgehead atoms. The minimum absolute atomic E-state index is 0.203. The van der Waals surface area contributed by atoms with E-state index < -0.39 is 11.6 Å². The third kappa shape index (κ3) is 5.85. The molecule has 0 fully saturated rings. The number of carboxylic acids is 1. The SMILES string of the molecule is CC(=O)OC[C@@H](C)CCC[C@@](C)(O)c1ccc(C(=O)O)cc1. The molecule has 0 aliphatic carbocycles. The van der Waals surface area contributed by atoms with Crippen molar-refractivity contribution in [2.24, 2.45) is 5.92 Å². The van der Waals surface area contributed by atoms with Gasteiger partial charge in [0.1, 0.15) is 0 Å². The van der Waals surface area contributed by atoms with Crippen LogP contribution in [-0.2, 0) is 15.1 Å². The van der Waals surface area contributed by atoms with Gasteiger partial charge in [-0.25, -0.2) is 4.79 Å². The minimum atomic E-state index is -1.00. The van der Waals surface area contributed by atoms with Gasteiger partial charge in [0, 0.05) is 6.92 Å². The first-order valence-electron chi connectivity index (χ1n) is 7.42. The molecule has 22 heavy (non-hydrogen) atoms. The van der Waals surface area contributed by atoms with Gasteiger partial charge in [-0.1, -0.05) is 19.1 Å². The van der Waals surface area contributed by atoms with Gasteiger partial charge in [0.15, 0.2) is 0 Å². The van der Waals surface area contributed by atoms with Crippen LogP contribution in [0.2, 0.25) is 0 Å². The van der Waals surface area contributed by atoms with E-state index >= 15 is 0 Å². The summed E-state index contributed by atoms with van der Waals surface area (Å²) in [6.45, 7) is 5.50. The molecule has 0 aromatic heterocycles. The van der Waals surface area contributed by atoms with Crippen molar-refractivity contribution in [2.45, 2.75) is 45.6 Å². The second kappa shape index (κ2) is 7.94. The van der Waals surface area contributed by atoms with Gasteiger partial charge in [0.05, 0.1) is 17.8 Å². The highest BCUT2D eigenvalue weighted by Crippen LogP contribution is 2.27. The van der Waals surface area contributed by atoms with Gasteiger partial charge in [-0.05, 0) is 49.8 Å². The number of carboxylic acid groups (broad SMARTS) is 1. The molecule has 1 aromatic rings. The number of benzene rings is 1. The second-order valence-corrected chi connectivity index (χ2v) is 5.96. The van der Waals surface area contributed by atoms with Gasteiger partial charge in [-0.3, -0.25) is 4.79 Å². The van der Waals surface area contributed by atoms with E-state index in [2.05, 4.69) is 0 Å². The number of esters is 1. The molecule has 2 atom stereocenters. The molecule has 0 aliphatic heterocycles. The van der Waals surface area contributed by atoms with E-state index in [4.69, 9.17) is 9.84 Å². The minimum Gasteiger partial charge on any atom is -0.478 e. The molecule has 0 radical (unpaired) electrons. The maximum Gasteiger partial charge on any atom is 0.335 e. The Bertz CT molecular complexity index is 504. The lowest BCUT2D eigenvalue weighted by Crippen LogP contribution is -2.21. The molecule has 0 spiro atoms. The number of rotatable bonds is 8. The smallest absolute Gasteiger partial charge is 0.335 e. The van der Waals surface area contributed by atoms with Gasteiger partial charge >= 0.3 is 11.9 Å². The Labute approximate surface area is 130 Å². The zero-order valence-corrected chi connectivity index (χ0v) is 13.3. The van der Waals surface area contributed by atoms with E-state index in [1.165, 1.54) is 19.1 Å². The van der Waals surface area contributed by atoms with Crippen LogP contribution in [0.15, 0.2) is 24.3 Å². The molecule has 5 heteroatoms. The molecule has 122 valence electrons. The number of hydrogen-bond acceptors (Lipinski definition) is 4. The van der Waals surface area contributed by atoms with Crippen molar-refractivity contribution in [3.05, 3.63) is 35.4 Å². The molecule has 0 heterocycles. The number of hydrogen-bond donors (Lipinski definition) is 2. The number of ether oxygens (including phenoxy) is 1. The largest absolute Gasteiger partial charge is 0.478 e. The van der Waals surface area contributed by atoms with Crippen LogP contribution in [-0.4, -0.2) is 28.8 Å². The van der Waals surface area contributed by atoms with E-state index in [0.717, 1.165) is 12.8 Å². The number of aliphatic hydroxyl groups is 1. The van der Waals surface area contributed by atoms with E-state index in [0.29, 0.717) is 18.6 Å². The Balaban J connectivity index is 2.49. The standard InChI is InChI=1S/C17H24O5/c1-12(11-22-13(2)18)5-4-10-17(3,21)15-8-6-14(7-9-15)16(19)20/h6-9,12,21H,4-5,10-11H2,1-3H3,(H,19,20)/t12-,17+/m0/s1. The predicted octanol–water partition coefficient (Wildman–Crippen LogP) is 2.96. The fourth-order valence-corrected chi connectivity index (χ4v) is 2.25. The van der Waals surface area contributed by atoms with Gasteiger partial charge in [0.2, 0.25) is 0 Å². The van der Waals surface area contributed by atoms with Crippen LogP contribution in [0, 0.1) is 5.92 Å². The molecular weight excluding hydrogens is 284 g/mol. The highest BCUT2D eigenvalue weighted by molar-refractivity contribution is 5.87. The second-order valence-electron chi connectivity index (χ2n) is 5.96. The summed E-state index contributed by atoms with van der Waals surface area (Å²) in [5, 5.41) is 19.4. The van der Waals surface area contributed by atoms with Crippen molar-refractivity contribution in [2.75, 3.05) is 6.61 Å². The summed E-state index contributed by atoms with van der Waals surface area (Å²) in [6, 6.07) is 6.28. The molecule has 0 saturated heterocycles. The maximum atomic E-state index is 10.8. The molecular formula is C17H24O5. The van der Waals surface area contributed by atoms with Crippen molar-refractivity contribution in [1.29, 1.82) is 0 Å². The lowest BCUT2D eigenvalue weighted by Gasteiger charge is -2.24. The molecule has 0 saturated carbocycles. The van der Waals surface area contributed by atoms with Gasteiger partial charge in [0.25, 0.3) is 0 Å². The monoisotopic (exact) mass is 308 g/mol. The summed E-state index contributed by atoms with van der Waals surface area (Å²) in [6.07, 6.45) is 2.19. The Kier molecular flexibility index (Phi) is 6.56. The first-order valence-corrected chi connectivity index (χ1v) is 7.42. The van der Waals surface area contributed by atoms with E-state index in [1.54, 1.807) is 19.1 Å². The molecule has 0 unspecified atom stereocenters. The Morgan fingerprint density at radius 1 is 1.27 bits per heavy atom. The normalized spacial score (nSPS) is 14.9. The molecule has 2 N–H and O–H groups in total. The van der Waals surface area contributed by atoms with Crippen LogP contribution in [0.1, 0.15) is 56.0 Å². The first-order chi connectivity index (χ1) is 10.2. The van der Waals surface area contributed by atoms with Crippen LogP contribution < -0.4 is 0 Å². The summed E-state index contributed by atoms with van der Waals surface area (Å²) in [4.78, 5) is 21.6. The Morgan fingerprint density at radius 3 is 2.36 bits per heavy atom. The van der Waals surface area contributed by atoms with Crippen LogP contribution in [0.25, 0.3) is 0 Å². The number of carbonyl (C=O) groups is 2. The fraction of sp³-hybridized carbons (Fsp3) is 0.529. The molecule has 1 rings (SSSR count). The zero-order valence-electron chi connectivity index (χ0n) is 13.3. The van der Waals surface area contributed by atoms with E-state index in [1.807, 2.05) is 6.92 Å². The van der Waals surface area contributed by atoms with Gasteiger partial charge in [-0.15, -0.1) is 0 Å². The predicted molar refractivity (Wildman–Crippen MR) is 82.6 cm³/mol. The lowest BCUT2D eigenvalue weighted by molar-refractivity contribution is -0.142. The average Bonchev–Trinajstić information content (AvgIpc) is 2.45. The van der Waals surface area contributed by atoms with Crippen molar-refractivity contribution >= 4 is 11.9 Å². The van der Waals surface area contributed by atoms with Gasteiger partial charge in [-0.2, -0.15) is 0 Å². The van der Waals surface area contributed by atoms with Crippen molar-refractivity contribution in [1.82, 2.24) is 0 Å². The van der Waals surface area contributed by atoms with E-state index in [-0.39, 0.29) is 17.5 Å². The Morgan fingerprint density at radius 2 is 1.86 bits per heavy atom. The third-order valence-electron chi connectivity index (χ3n) is 3.69. The quantitative estimate of drug-likeness (QED) is 0.721. The average molecular weight is 308 g/mol. The first kappa shape index (κ1) is 18.2. The Hall–Kier alpha value is -1.88. The van der Waals surface area contributed by atoms with Crippen LogP contribution in [0.3, 0.4) is 0 Å². The van der Waals surface area contributed by atoms with Crippen LogP contribution >= 0.6 is 0 Å². The van der Waals surface area contributed by atoms with Crippen LogP contribution in [0.5, 0.6) is 0 Å². The van der Waals surface area contributed by atoms with E-state index in [9.17, 15) is 14.7 Å². The topological polar surface area (TPSA) is 83.8 Å². The van der Waals surface area contributed by atoms with Crippen LogP contribution in [0.4, 0.5) is 0 Å².